The van der Waals surface area contributed by atoms with Gasteiger partial charge in [-0.2, -0.15) is 0 Å². The highest BCUT2D eigenvalue weighted by Gasteiger charge is 2.33. The Hall–Kier alpha value is -0.770. The molecule has 1 fully saturated rings. The smallest absolute Gasteiger partial charge is 0.0662 e. The summed E-state index contributed by atoms with van der Waals surface area (Å²) in [5, 5.41) is 14.0. The maximum Gasteiger partial charge on any atom is 0.0662 e. The van der Waals surface area contributed by atoms with Crippen molar-refractivity contribution in [2.24, 2.45) is 0 Å². The molecule has 0 aromatic heterocycles. The number of hydrogen-bond donors (Lipinski definition) is 2. The fourth-order valence-corrected chi connectivity index (χ4v) is 2.81. The van der Waals surface area contributed by atoms with Gasteiger partial charge in [0.2, 0.25) is 0 Å². The van der Waals surface area contributed by atoms with E-state index in [9.17, 15) is 5.11 Å². The minimum absolute atomic E-state index is 0.176. The van der Waals surface area contributed by atoms with Gasteiger partial charge >= 0.3 is 0 Å². The summed E-state index contributed by atoms with van der Waals surface area (Å²) in [5.74, 6) is 0. The van der Waals surface area contributed by atoms with Crippen molar-refractivity contribution in [3.05, 3.63) is 29.3 Å². The molecular weight excluding hydrogens is 260 g/mol. The van der Waals surface area contributed by atoms with Crippen molar-refractivity contribution in [3.63, 3.8) is 0 Å². The molecule has 0 spiro atoms. The normalized spacial score (nSPS) is 19.3. The zero-order chi connectivity index (χ0) is 13.7. The topological polar surface area (TPSA) is 35.5 Å². The number of anilines is 1. The van der Waals surface area contributed by atoms with Crippen LogP contribution in [0.5, 0.6) is 0 Å². The standard InChI is InChI=1S/C15H23ClN2O/c1-2-9-18-10-7-15(12-19,8-11-18)17-14-5-3-13(16)4-6-14/h3-6,17,19H,2,7-12H2,1H3. The molecule has 0 amide bonds. The molecule has 2 N–H and O–H groups in total. The second kappa shape index (κ2) is 6.60. The number of halogens is 1. The fourth-order valence-electron chi connectivity index (χ4n) is 2.68. The lowest BCUT2D eigenvalue weighted by Crippen LogP contribution is -2.51. The molecule has 0 radical (unpaired) electrons. The number of aliphatic hydroxyl groups excluding tert-OH is 1. The second-order valence-electron chi connectivity index (χ2n) is 5.41. The molecule has 1 aromatic rings. The van der Waals surface area contributed by atoms with Gasteiger partial charge < -0.3 is 15.3 Å². The van der Waals surface area contributed by atoms with Gasteiger partial charge in [0.15, 0.2) is 0 Å². The number of nitrogens with one attached hydrogen (secondary N) is 1. The molecule has 3 nitrogen and oxygen atoms in total. The molecular formula is C15H23ClN2O. The highest BCUT2D eigenvalue weighted by molar-refractivity contribution is 6.30. The lowest BCUT2D eigenvalue weighted by atomic mass is 9.88. The van der Waals surface area contributed by atoms with E-state index in [1.165, 1.54) is 6.42 Å². The first-order valence-corrected chi connectivity index (χ1v) is 7.42. The van der Waals surface area contributed by atoms with Gasteiger partial charge in [-0.05, 0) is 50.1 Å². The summed E-state index contributed by atoms with van der Waals surface area (Å²) in [6, 6.07) is 7.69. The molecule has 1 heterocycles. The third-order valence-corrected chi connectivity index (χ3v) is 4.16. The number of rotatable bonds is 5. The van der Waals surface area contributed by atoms with Gasteiger partial charge in [-0.25, -0.2) is 0 Å². The summed E-state index contributed by atoms with van der Waals surface area (Å²) >= 11 is 5.89. The highest BCUT2D eigenvalue weighted by atomic mass is 35.5. The van der Waals surface area contributed by atoms with Crippen LogP contribution >= 0.6 is 11.6 Å². The van der Waals surface area contributed by atoms with Crippen LogP contribution in [0.4, 0.5) is 5.69 Å². The molecule has 19 heavy (non-hydrogen) atoms. The van der Waals surface area contributed by atoms with Crippen molar-refractivity contribution in [2.45, 2.75) is 31.7 Å². The Bertz CT molecular complexity index is 386. The van der Waals surface area contributed by atoms with Crippen LogP contribution in [-0.4, -0.2) is 41.8 Å². The Morgan fingerprint density at radius 3 is 2.42 bits per heavy atom. The largest absolute Gasteiger partial charge is 0.394 e. The third kappa shape index (κ3) is 3.85. The van der Waals surface area contributed by atoms with E-state index in [0.717, 1.165) is 43.2 Å². The second-order valence-corrected chi connectivity index (χ2v) is 5.85. The molecule has 1 aromatic carbocycles. The summed E-state index contributed by atoms with van der Waals surface area (Å²) in [6.45, 7) is 5.64. The number of benzene rings is 1. The van der Waals surface area contributed by atoms with Gasteiger partial charge in [0.25, 0.3) is 0 Å². The van der Waals surface area contributed by atoms with E-state index < -0.39 is 0 Å². The molecule has 0 saturated carbocycles. The lowest BCUT2D eigenvalue weighted by molar-refractivity contribution is 0.119. The SMILES string of the molecule is CCCN1CCC(CO)(Nc2ccc(Cl)cc2)CC1. The molecule has 1 aliphatic rings. The van der Waals surface area contributed by atoms with Crippen LogP contribution in [0.25, 0.3) is 0 Å². The summed E-state index contributed by atoms with van der Waals surface area (Å²) in [7, 11) is 0. The molecule has 0 atom stereocenters. The Morgan fingerprint density at radius 2 is 1.89 bits per heavy atom. The van der Waals surface area contributed by atoms with Gasteiger partial charge in [-0.15, -0.1) is 0 Å². The average Bonchev–Trinajstić information content (AvgIpc) is 2.44. The predicted octanol–water partition coefficient (Wildman–Crippen LogP) is 2.99. The van der Waals surface area contributed by atoms with Crippen LogP contribution in [0.2, 0.25) is 5.02 Å². The molecule has 1 saturated heterocycles. The number of hydrogen-bond acceptors (Lipinski definition) is 3. The van der Waals surface area contributed by atoms with Gasteiger partial charge in [-0.3, -0.25) is 0 Å². The van der Waals surface area contributed by atoms with Crippen LogP contribution in [0.1, 0.15) is 26.2 Å². The first-order valence-electron chi connectivity index (χ1n) is 7.04. The Labute approximate surface area is 120 Å². The number of piperidine rings is 1. The van der Waals surface area contributed by atoms with E-state index in [2.05, 4.69) is 17.1 Å². The minimum Gasteiger partial charge on any atom is -0.394 e. The van der Waals surface area contributed by atoms with Crippen molar-refractivity contribution >= 4 is 17.3 Å². The zero-order valence-corrected chi connectivity index (χ0v) is 12.3. The first kappa shape index (κ1) is 14.6. The molecule has 0 aliphatic carbocycles. The molecule has 106 valence electrons. The first-order chi connectivity index (χ1) is 9.17. The van der Waals surface area contributed by atoms with Gasteiger partial charge in [0.05, 0.1) is 12.1 Å². The number of aliphatic hydroxyl groups is 1. The van der Waals surface area contributed by atoms with Gasteiger partial charge in [0, 0.05) is 23.8 Å². The Balaban J connectivity index is 1.98. The Morgan fingerprint density at radius 1 is 1.26 bits per heavy atom. The summed E-state index contributed by atoms with van der Waals surface area (Å²) in [6.07, 6.45) is 3.15. The van der Waals surface area contributed by atoms with Crippen molar-refractivity contribution < 1.29 is 5.11 Å². The monoisotopic (exact) mass is 282 g/mol. The van der Waals surface area contributed by atoms with Crippen molar-refractivity contribution in [1.82, 2.24) is 4.90 Å². The number of likely N-dealkylation sites (tertiary alicyclic amines) is 1. The minimum atomic E-state index is -0.182. The van der Waals surface area contributed by atoms with Crippen LogP contribution in [0, 0.1) is 0 Å². The summed E-state index contributed by atoms with van der Waals surface area (Å²) in [4.78, 5) is 2.47. The fraction of sp³-hybridized carbons (Fsp3) is 0.600. The van der Waals surface area contributed by atoms with E-state index in [4.69, 9.17) is 11.6 Å². The maximum absolute atomic E-state index is 9.77. The molecule has 4 heteroatoms. The summed E-state index contributed by atoms with van der Waals surface area (Å²) < 4.78 is 0. The third-order valence-electron chi connectivity index (χ3n) is 3.91. The molecule has 0 bridgehead atoms. The van der Waals surface area contributed by atoms with Crippen LogP contribution < -0.4 is 5.32 Å². The molecule has 0 unspecified atom stereocenters. The summed E-state index contributed by atoms with van der Waals surface area (Å²) in [5.41, 5.74) is 0.848. The maximum atomic E-state index is 9.77. The van der Waals surface area contributed by atoms with Crippen LogP contribution in [0.15, 0.2) is 24.3 Å². The van der Waals surface area contributed by atoms with E-state index in [-0.39, 0.29) is 12.1 Å². The molecule has 1 aliphatic heterocycles. The lowest BCUT2D eigenvalue weighted by Gasteiger charge is -2.42. The average molecular weight is 283 g/mol. The number of nitrogens with zero attached hydrogens (tertiary/aromatic N) is 1. The van der Waals surface area contributed by atoms with E-state index in [0.29, 0.717) is 0 Å². The molecule has 2 rings (SSSR count). The van der Waals surface area contributed by atoms with Crippen molar-refractivity contribution in [3.8, 4) is 0 Å². The highest BCUT2D eigenvalue weighted by Crippen LogP contribution is 2.27. The van der Waals surface area contributed by atoms with E-state index in [1.54, 1.807) is 0 Å². The Kier molecular flexibility index (Phi) is 5.08. The van der Waals surface area contributed by atoms with Crippen LogP contribution in [-0.2, 0) is 0 Å². The predicted molar refractivity (Wildman–Crippen MR) is 80.9 cm³/mol. The zero-order valence-electron chi connectivity index (χ0n) is 11.5. The van der Waals surface area contributed by atoms with E-state index >= 15 is 0 Å². The van der Waals surface area contributed by atoms with Crippen molar-refractivity contribution in [1.29, 1.82) is 0 Å². The van der Waals surface area contributed by atoms with E-state index in [1.807, 2.05) is 24.3 Å². The van der Waals surface area contributed by atoms with Crippen molar-refractivity contribution in [2.75, 3.05) is 31.6 Å². The quantitative estimate of drug-likeness (QED) is 0.871. The van der Waals surface area contributed by atoms with Crippen LogP contribution in [0.3, 0.4) is 0 Å². The van der Waals surface area contributed by atoms with Gasteiger partial charge in [0.1, 0.15) is 0 Å². The van der Waals surface area contributed by atoms with Gasteiger partial charge in [-0.1, -0.05) is 18.5 Å².